The lowest BCUT2D eigenvalue weighted by molar-refractivity contribution is -0.147. The van der Waals surface area contributed by atoms with E-state index in [9.17, 15) is 14.4 Å². The van der Waals surface area contributed by atoms with E-state index in [1.807, 2.05) is 0 Å². The molecule has 0 saturated heterocycles. The van der Waals surface area contributed by atoms with Gasteiger partial charge in [0.2, 0.25) is 0 Å². The Bertz CT molecular complexity index is 190. The first-order chi connectivity index (χ1) is 4.63. The molecule has 0 bridgehead atoms. The van der Waals surface area contributed by atoms with Gasteiger partial charge < -0.3 is 5.11 Å². The lowest BCUT2D eigenvalue weighted by atomic mass is 10.1. The van der Waals surface area contributed by atoms with Crippen LogP contribution < -0.4 is 0 Å². The van der Waals surface area contributed by atoms with Crippen molar-refractivity contribution in [3.63, 3.8) is 0 Å². The molecule has 0 unspecified atom stereocenters. The minimum absolute atomic E-state index is 0.0931. The fourth-order valence-electron chi connectivity index (χ4n) is 0.990. The van der Waals surface area contributed by atoms with Gasteiger partial charge in [-0.1, -0.05) is 0 Å². The predicted molar refractivity (Wildman–Crippen MR) is 30.4 cm³/mol. The number of carbonyl (C=O) groups excluding carboxylic acids is 2. The lowest BCUT2D eigenvalue weighted by Gasteiger charge is -1.95. The van der Waals surface area contributed by atoms with E-state index >= 15 is 0 Å². The number of carboxylic acid groups (broad SMARTS) is 1. The number of carboxylic acids is 1. The van der Waals surface area contributed by atoms with Crippen LogP contribution in [0.15, 0.2) is 0 Å². The van der Waals surface area contributed by atoms with Gasteiger partial charge >= 0.3 is 5.97 Å². The van der Waals surface area contributed by atoms with Crippen molar-refractivity contribution in [2.24, 2.45) is 5.92 Å². The van der Waals surface area contributed by atoms with Crippen molar-refractivity contribution in [2.45, 2.75) is 12.8 Å². The largest absolute Gasteiger partial charge is 0.480 e. The van der Waals surface area contributed by atoms with Crippen molar-refractivity contribution >= 4 is 17.5 Å². The fourth-order valence-corrected chi connectivity index (χ4v) is 0.990. The van der Waals surface area contributed by atoms with Crippen molar-refractivity contribution in [1.82, 2.24) is 0 Å². The van der Waals surface area contributed by atoms with Crippen LogP contribution in [0.3, 0.4) is 0 Å². The third-order valence-electron chi connectivity index (χ3n) is 1.51. The van der Waals surface area contributed by atoms with Crippen LogP contribution in [-0.4, -0.2) is 22.6 Å². The molecule has 0 atom stereocenters. The maximum Gasteiger partial charge on any atom is 0.321 e. The molecule has 4 nitrogen and oxygen atoms in total. The second-order valence-corrected chi connectivity index (χ2v) is 2.20. The molecule has 1 aliphatic carbocycles. The number of aliphatic carboxylic acids is 1. The van der Waals surface area contributed by atoms with Crippen molar-refractivity contribution in [3.8, 4) is 0 Å². The summed E-state index contributed by atoms with van der Waals surface area (Å²) in [6.45, 7) is 0. The van der Waals surface area contributed by atoms with E-state index in [0.29, 0.717) is 0 Å². The molecule has 1 fully saturated rings. The van der Waals surface area contributed by atoms with E-state index in [1.54, 1.807) is 0 Å². The Labute approximate surface area is 56.8 Å². The van der Waals surface area contributed by atoms with E-state index in [0.717, 1.165) is 0 Å². The van der Waals surface area contributed by atoms with Gasteiger partial charge in [-0.2, -0.15) is 0 Å². The van der Waals surface area contributed by atoms with E-state index < -0.39 is 23.5 Å². The standard InChI is InChI=1S/C6H6O4/c7-3-1-2-4(8)5(3)6(9)10/h5H,1-2H2,(H,9,10). The highest BCUT2D eigenvalue weighted by Gasteiger charge is 2.38. The summed E-state index contributed by atoms with van der Waals surface area (Å²) in [5, 5.41) is 8.31. The van der Waals surface area contributed by atoms with Crippen molar-refractivity contribution in [2.75, 3.05) is 0 Å². The molecule has 1 saturated carbocycles. The normalized spacial score (nSPS) is 20.0. The summed E-state index contributed by atoms with van der Waals surface area (Å²) in [6.07, 6.45) is 0.186. The first-order valence-corrected chi connectivity index (χ1v) is 2.91. The third-order valence-corrected chi connectivity index (χ3v) is 1.51. The SMILES string of the molecule is O=C(O)C1C(=O)CCC1=O. The Kier molecular flexibility index (Phi) is 1.53. The Balaban J connectivity index is 2.82. The quantitative estimate of drug-likeness (QED) is 0.506. The summed E-state index contributed by atoms with van der Waals surface area (Å²) in [6, 6.07) is 0. The molecule has 10 heavy (non-hydrogen) atoms. The molecule has 0 aromatic carbocycles. The molecule has 0 spiro atoms. The second-order valence-electron chi connectivity index (χ2n) is 2.20. The highest BCUT2D eigenvalue weighted by atomic mass is 16.4. The zero-order valence-corrected chi connectivity index (χ0v) is 5.16. The van der Waals surface area contributed by atoms with Gasteiger partial charge in [-0.3, -0.25) is 14.4 Å². The molecule has 0 aliphatic heterocycles. The van der Waals surface area contributed by atoms with Gasteiger partial charge in [-0.25, -0.2) is 0 Å². The van der Waals surface area contributed by atoms with Crippen LogP contribution in [0.25, 0.3) is 0 Å². The molecule has 1 N–H and O–H groups in total. The van der Waals surface area contributed by atoms with E-state index in [4.69, 9.17) is 5.11 Å². The number of Topliss-reactive ketones (excluding diaryl/α,β-unsaturated/α-hetero) is 2. The summed E-state index contributed by atoms with van der Waals surface area (Å²) in [7, 11) is 0. The molecule has 0 radical (unpaired) electrons. The Morgan fingerprint density at radius 3 is 1.90 bits per heavy atom. The third kappa shape index (κ3) is 0.920. The molecule has 1 rings (SSSR count). The van der Waals surface area contributed by atoms with Gasteiger partial charge in [-0.15, -0.1) is 0 Å². The van der Waals surface area contributed by atoms with Crippen LogP contribution in [0, 0.1) is 5.92 Å². The predicted octanol–water partition coefficient (Wildman–Crippen LogP) is -0.381. The van der Waals surface area contributed by atoms with Crippen molar-refractivity contribution < 1.29 is 19.5 Å². The van der Waals surface area contributed by atoms with Crippen molar-refractivity contribution in [3.05, 3.63) is 0 Å². The molecule has 4 heteroatoms. The Hall–Kier alpha value is -1.19. The number of hydrogen-bond acceptors (Lipinski definition) is 3. The smallest absolute Gasteiger partial charge is 0.321 e. The minimum Gasteiger partial charge on any atom is -0.480 e. The summed E-state index contributed by atoms with van der Waals surface area (Å²) in [4.78, 5) is 31.4. The Morgan fingerprint density at radius 1 is 1.30 bits per heavy atom. The maximum atomic E-state index is 10.6. The molecule has 0 heterocycles. The topological polar surface area (TPSA) is 71.4 Å². The minimum atomic E-state index is -1.36. The average molecular weight is 142 g/mol. The van der Waals surface area contributed by atoms with Crippen LogP contribution in [0.4, 0.5) is 0 Å². The van der Waals surface area contributed by atoms with E-state index in [1.165, 1.54) is 0 Å². The van der Waals surface area contributed by atoms with Gasteiger partial charge in [0.1, 0.15) is 0 Å². The second kappa shape index (κ2) is 2.21. The van der Waals surface area contributed by atoms with Gasteiger partial charge in [0.05, 0.1) is 0 Å². The van der Waals surface area contributed by atoms with Gasteiger partial charge in [0.25, 0.3) is 0 Å². The number of rotatable bonds is 1. The number of hydrogen-bond donors (Lipinski definition) is 1. The van der Waals surface area contributed by atoms with E-state index in [-0.39, 0.29) is 12.8 Å². The molecule has 54 valence electrons. The maximum absolute atomic E-state index is 10.6. The van der Waals surface area contributed by atoms with Gasteiger partial charge in [0, 0.05) is 12.8 Å². The highest BCUT2D eigenvalue weighted by Crippen LogP contribution is 2.17. The number of ketones is 2. The molecule has 0 aromatic rings. The zero-order chi connectivity index (χ0) is 7.72. The fraction of sp³-hybridized carbons (Fsp3) is 0.500. The highest BCUT2D eigenvalue weighted by molar-refractivity contribution is 6.20. The molecular formula is C6H6O4. The molecule has 1 aliphatic rings. The van der Waals surface area contributed by atoms with Gasteiger partial charge in [0.15, 0.2) is 17.5 Å². The van der Waals surface area contributed by atoms with Crippen LogP contribution in [0.5, 0.6) is 0 Å². The molecular weight excluding hydrogens is 136 g/mol. The van der Waals surface area contributed by atoms with Gasteiger partial charge in [-0.05, 0) is 0 Å². The summed E-state index contributed by atoms with van der Waals surface area (Å²) in [5.41, 5.74) is 0. The molecule has 0 amide bonds. The lowest BCUT2D eigenvalue weighted by Crippen LogP contribution is -2.24. The Morgan fingerprint density at radius 2 is 1.70 bits per heavy atom. The average Bonchev–Trinajstić information content (AvgIpc) is 2.11. The van der Waals surface area contributed by atoms with Crippen LogP contribution in [-0.2, 0) is 14.4 Å². The van der Waals surface area contributed by atoms with Crippen LogP contribution in [0.1, 0.15) is 12.8 Å². The summed E-state index contributed by atoms with van der Waals surface area (Å²) in [5.74, 6) is -3.59. The van der Waals surface area contributed by atoms with Crippen LogP contribution in [0.2, 0.25) is 0 Å². The first kappa shape index (κ1) is 6.92. The first-order valence-electron chi connectivity index (χ1n) is 2.91. The zero-order valence-electron chi connectivity index (χ0n) is 5.16. The van der Waals surface area contributed by atoms with E-state index in [2.05, 4.69) is 0 Å². The monoisotopic (exact) mass is 142 g/mol. The van der Waals surface area contributed by atoms with Crippen molar-refractivity contribution in [1.29, 1.82) is 0 Å². The summed E-state index contributed by atoms with van der Waals surface area (Å²) < 4.78 is 0. The molecule has 0 aromatic heterocycles. The summed E-state index contributed by atoms with van der Waals surface area (Å²) >= 11 is 0. The van der Waals surface area contributed by atoms with Crippen LogP contribution >= 0.6 is 0 Å². The number of carbonyl (C=O) groups is 3.